The number of nitrogens with one attached hydrogen (secondary N) is 1. The Morgan fingerprint density at radius 1 is 1.29 bits per heavy atom. The maximum atomic E-state index is 12.7. The minimum atomic E-state index is -0.577. The third-order valence-electron chi connectivity index (χ3n) is 4.06. The number of aromatic nitrogens is 1. The summed E-state index contributed by atoms with van der Waals surface area (Å²) < 4.78 is 11.1. The lowest BCUT2D eigenvalue weighted by molar-refractivity contribution is 0.102. The molecular formula is C18H16N2O4. The minimum absolute atomic E-state index is 0.300. The van der Waals surface area contributed by atoms with Gasteiger partial charge in [-0.1, -0.05) is 18.2 Å². The number of nitrogens with zero attached hydrogens (tertiary/aromatic N) is 1. The summed E-state index contributed by atoms with van der Waals surface area (Å²) in [5.74, 6) is 0.730. The van der Waals surface area contributed by atoms with Crippen molar-refractivity contribution in [3.05, 3.63) is 53.4 Å². The normalized spacial score (nSPS) is 16.5. The number of oxazole rings is 1. The number of aliphatic hydroxyl groups is 1. The molecule has 2 aromatic carbocycles. The number of carbonyl (C=O) groups excluding carboxylic acids is 1. The molecule has 1 aromatic heterocycles. The highest BCUT2D eigenvalue weighted by Crippen LogP contribution is 2.38. The van der Waals surface area contributed by atoms with E-state index in [4.69, 9.17) is 9.15 Å². The highest BCUT2D eigenvalue weighted by molar-refractivity contribution is 6.11. The van der Waals surface area contributed by atoms with Crippen LogP contribution in [0.15, 0.2) is 40.8 Å². The maximum absolute atomic E-state index is 12.7. The van der Waals surface area contributed by atoms with E-state index in [1.165, 1.54) is 0 Å². The Morgan fingerprint density at radius 2 is 2.12 bits per heavy atom. The summed E-state index contributed by atoms with van der Waals surface area (Å²) in [6.45, 7) is 2.16. The molecule has 0 saturated heterocycles. The predicted molar refractivity (Wildman–Crippen MR) is 88.2 cm³/mol. The second kappa shape index (κ2) is 5.65. The summed E-state index contributed by atoms with van der Waals surface area (Å²) in [6, 6.07) is 10.6. The van der Waals surface area contributed by atoms with Crippen LogP contribution < -0.4 is 10.1 Å². The molecule has 122 valence electrons. The average Bonchev–Trinajstić information content (AvgIpc) is 2.95. The summed E-state index contributed by atoms with van der Waals surface area (Å²) in [6.07, 6.45) is -0.0331. The Hall–Kier alpha value is -2.86. The van der Waals surface area contributed by atoms with Crippen molar-refractivity contribution in [3.8, 4) is 5.75 Å². The number of rotatable bonds is 2. The van der Waals surface area contributed by atoms with Gasteiger partial charge in [-0.2, -0.15) is 0 Å². The van der Waals surface area contributed by atoms with Crippen molar-refractivity contribution in [1.82, 2.24) is 4.98 Å². The Kier molecular flexibility index (Phi) is 3.46. The summed E-state index contributed by atoms with van der Waals surface area (Å²) in [5.41, 5.74) is 2.75. The molecule has 0 bridgehead atoms. The van der Waals surface area contributed by atoms with Gasteiger partial charge < -0.3 is 19.6 Å². The largest absolute Gasteiger partial charge is 0.491 e. The summed E-state index contributed by atoms with van der Waals surface area (Å²) >= 11 is 0. The van der Waals surface area contributed by atoms with Crippen LogP contribution in [0.1, 0.15) is 34.3 Å². The van der Waals surface area contributed by atoms with Crippen molar-refractivity contribution in [2.75, 3.05) is 11.9 Å². The Labute approximate surface area is 138 Å². The molecule has 2 heterocycles. The number of amides is 1. The van der Waals surface area contributed by atoms with Crippen molar-refractivity contribution >= 4 is 22.7 Å². The number of aliphatic hydroxyl groups excluding tert-OH is 1. The van der Waals surface area contributed by atoms with Crippen LogP contribution in [0.5, 0.6) is 5.75 Å². The topological polar surface area (TPSA) is 84.6 Å². The van der Waals surface area contributed by atoms with Crippen molar-refractivity contribution in [2.45, 2.75) is 19.4 Å². The molecule has 1 atom stereocenters. The van der Waals surface area contributed by atoms with Gasteiger partial charge in [0.05, 0.1) is 24.0 Å². The lowest BCUT2D eigenvalue weighted by Crippen LogP contribution is -2.18. The number of carbonyl (C=O) groups is 1. The first-order valence-corrected chi connectivity index (χ1v) is 7.75. The van der Waals surface area contributed by atoms with Gasteiger partial charge in [-0.05, 0) is 18.2 Å². The molecule has 1 aliphatic rings. The van der Waals surface area contributed by atoms with Crippen molar-refractivity contribution in [3.63, 3.8) is 0 Å². The van der Waals surface area contributed by atoms with Crippen LogP contribution in [0.2, 0.25) is 0 Å². The van der Waals surface area contributed by atoms with Crippen LogP contribution >= 0.6 is 0 Å². The fourth-order valence-corrected chi connectivity index (χ4v) is 2.94. The van der Waals surface area contributed by atoms with E-state index in [1.807, 2.05) is 0 Å². The van der Waals surface area contributed by atoms with E-state index < -0.39 is 6.10 Å². The highest BCUT2D eigenvalue weighted by atomic mass is 16.5. The van der Waals surface area contributed by atoms with Crippen molar-refractivity contribution in [2.24, 2.45) is 0 Å². The van der Waals surface area contributed by atoms with Gasteiger partial charge in [-0.15, -0.1) is 0 Å². The third-order valence-corrected chi connectivity index (χ3v) is 4.06. The number of ether oxygens (including phenoxy) is 1. The highest BCUT2D eigenvalue weighted by Gasteiger charge is 2.23. The van der Waals surface area contributed by atoms with Crippen molar-refractivity contribution < 1.29 is 19.1 Å². The molecule has 1 amide bonds. The van der Waals surface area contributed by atoms with Crippen LogP contribution in [-0.4, -0.2) is 22.6 Å². The molecule has 0 fully saturated rings. The number of aryl methyl sites for hydroxylation is 1. The van der Waals surface area contributed by atoms with Gasteiger partial charge in [0.25, 0.3) is 5.91 Å². The Bertz CT molecular complexity index is 932. The molecule has 2 N–H and O–H groups in total. The first kappa shape index (κ1) is 14.7. The van der Waals surface area contributed by atoms with Gasteiger partial charge in [0.1, 0.15) is 11.3 Å². The Morgan fingerprint density at radius 3 is 3.00 bits per heavy atom. The molecule has 0 unspecified atom stereocenters. The number of hydrogen-bond donors (Lipinski definition) is 2. The van der Waals surface area contributed by atoms with E-state index in [0.29, 0.717) is 52.6 Å². The maximum Gasteiger partial charge on any atom is 0.258 e. The van der Waals surface area contributed by atoms with E-state index in [-0.39, 0.29) is 5.91 Å². The predicted octanol–water partition coefficient (Wildman–Crippen LogP) is 3.20. The van der Waals surface area contributed by atoms with E-state index in [2.05, 4.69) is 10.3 Å². The molecule has 6 heteroatoms. The van der Waals surface area contributed by atoms with Gasteiger partial charge in [0.2, 0.25) is 0 Å². The number of hydrogen-bond acceptors (Lipinski definition) is 5. The van der Waals surface area contributed by atoms with Crippen LogP contribution in [-0.2, 0) is 0 Å². The standard InChI is InChI=1S/C18H16N2O4/c1-10-19-16-12(5-3-7-15(16)24-10)18(22)20-13-6-2-4-11-14(21)8-9-23-17(11)13/h2-7,14,21H,8-9H2,1H3,(H,20,22)/t14-/m1/s1. The molecule has 24 heavy (non-hydrogen) atoms. The van der Waals surface area contributed by atoms with E-state index in [9.17, 15) is 9.90 Å². The average molecular weight is 324 g/mol. The molecule has 0 aliphatic carbocycles. The Balaban J connectivity index is 1.71. The SMILES string of the molecule is Cc1nc2c(C(=O)Nc3cccc4c3OCC[C@H]4O)cccc2o1. The molecule has 6 nitrogen and oxygen atoms in total. The van der Waals surface area contributed by atoms with Crippen LogP contribution in [0, 0.1) is 6.92 Å². The number of benzene rings is 2. The molecule has 4 rings (SSSR count). The lowest BCUT2D eigenvalue weighted by Gasteiger charge is -2.24. The molecule has 0 radical (unpaired) electrons. The van der Waals surface area contributed by atoms with Gasteiger partial charge in [-0.3, -0.25) is 4.79 Å². The summed E-state index contributed by atoms with van der Waals surface area (Å²) in [5, 5.41) is 12.9. The zero-order chi connectivity index (χ0) is 16.7. The zero-order valence-corrected chi connectivity index (χ0v) is 13.1. The zero-order valence-electron chi connectivity index (χ0n) is 13.1. The van der Waals surface area contributed by atoms with Crippen LogP contribution in [0.3, 0.4) is 0 Å². The quantitative estimate of drug-likeness (QED) is 0.756. The van der Waals surface area contributed by atoms with E-state index in [0.717, 1.165) is 0 Å². The number of anilines is 1. The van der Waals surface area contributed by atoms with Crippen LogP contribution in [0.25, 0.3) is 11.1 Å². The van der Waals surface area contributed by atoms with E-state index in [1.54, 1.807) is 43.3 Å². The molecule has 0 spiro atoms. The smallest absolute Gasteiger partial charge is 0.258 e. The second-order valence-electron chi connectivity index (χ2n) is 5.72. The summed E-state index contributed by atoms with van der Waals surface area (Å²) in [7, 11) is 0. The first-order chi connectivity index (χ1) is 11.6. The number of para-hydroxylation sites is 2. The third kappa shape index (κ3) is 2.41. The van der Waals surface area contributed by atoms with Crippen LogP contribution in [0.4, 0.5) is 5.69 Å². The van der Waals surface area contributed by atoms with E-state index >= 15 is 0 Å². The number of fused-ring (bicyclic) bond motifs is 2. The fourth-order valence-electron chi connectivity index (χ4n) is 2.94. The van der Waals surface area contributed by atoms with Gasteiger partial charge >= 0.3 is 0 Å². The minimum Gasteiger partial charge on any atom is -0.491 e. The first-order valence-electron chi connectivity index (χ1n) is 7.75. The fraction of sp³-hybridized carbons (Fsp3) is 0.222. The van der Waals surface area contributed by atoms with Gasteiger partial charge in [-0.25, -0.2) is 4.98 Å². The molecular weight excluding hydrogens is 308 g/mol. The van der Waals surface area contributed by atoms with Gasteiger partial charge in [0.15, 0.2) is 11.5 Å². The van der Waals surface area contributed by atoms with Crippen molar-refractivity contribution in [1.29, 1.82) is 0 Å². The molecule has 0 saturated carbocycles. The molecule has 3 aromatic rings. The molecule has 1 aliphatic heterocycles. The second-order valence-corrected chi connectivity index (χ2v) is 5.72. The summed E-state index contributed by atoms with van der Waals surface area (Å²) in [4.78, 5) is 17.0. The lowest BCUT2D eigenvalue weighted by atomic mass is 10.0. The monoisotopic (exact) mass is 324 g/mol. The van der Waals surface area contributed by atoms with Gasteiger partial charge in [0, 0.05) is 18.9 Å².